The highest BCUT2D eigenvalue weighted by Crippen LogP contribution is 2.39. The Hall–Kier alpha value is -3.35. The van der Waals surface area contributed by atoms with Gasteiger partial charge in [0.05, 0.1) is 15.9 Å². The lowest BCUT2D eigenvalue weighted by Crippen LogP contribution is -2.63. The standard InChI is InChI=1S/C30H40ClN7O4Si/c1-6-37-17-23-24(33-37)11-10-21(26(23)31)22-16-36(18-42-12-13-43(3,4)5)27-25(22)28(39)34(2)29(32-27)38-19-8-7-9-20(38)15-35(14-19)30(40)41/h10-11,16-17,19-20H,6-9,12-15,18H2,1-5H3,(H,40,41). The molecule has 0 radical (unpaired) electrons. The van der Waals surface area contributed by atoms with E-state index in [1.165, 1.54) is 4.90 Å². The lowest BCUT2D eigenvalue weighted by molar-refractivity contribution is 0.0898. The lowest BCUT2D eigenvalue weighted by Gasteiger charge is -2.50. The van der Waals surface area contributed by atoms with Crippen molar-refractivity contribution in [2.45, 2.75) is 77.2 Å². The average Bonchev–Trinajstić information content (AvgIpc) is 3.54. The number of nitrogens with zero attached hydrogens (tertiary/aromatic N) is 7. The normalized spacial score (nSPS) is 19.1. The topological polar surface area (TPSA) is 111 Å². The van der Waals surface area contributed by atoms with E-state index in [0.29, 0.717) is 47.3 Å². The van der Waals surface area contributed by atoms with Gasteiger partial charge in [-0.25, -0.2) is 4.79 Å². The Bertz CT molecular complexity index is 1740. The Morgan fingerprint density at radius 2 is 1.86 bits per heavy atom. The Morgan fingerprint density at radius 3 is 2.51 bits per heavy atom. The molecule has 0 spiro atoms. The zero-order valence-electron chi connectivity index (χ0n) is 25.5. The molecule has 4 aromatic rings. The van der Waals surface area contributed by atoms with Crippen LogP contribution in [0.5, 0.6) is 0 Å². The molecule has 2 aliphatic rings. The fourth-order valence-corrected chi connectivity index (χ4v) is 7.52. The number of rotatable bonds is 8. The van der Waals surface area contributed by atoms with Crippen LogP contribution in [0.1, 0.15) is 26.2 Å². The molecule has 11 nitrogen and oxygen atoms in total. The third kappa shape index (κ3) is 5.44. The van der Waals surface area contributed by atoms with E-state index in [9.17, 15) is 14.7 Å². The third-order valence-corrected chi connectivity index (χ3v) is 10.9. The van der Waals surface area contributed by atoms with Gasteiger partial charge in [-0.3, -0.25) is 14.0 Å². The van der Waals surface area contributed by atoms with Crippen LogP contribution in [-0.2, 0) is 25.1 Å². The van der Waals surface area contributed by atoms with E-state index in [2.05, 4.69) is 29.6 Å². The monoisotopic (exact) mass is 625 g/mol. The highest BCUT2D eigenvalue weighted by Gasteiger charge is 2.41. The van der Waals surface area contributed by atoms with Crippen molar-refractivity contribution in [1.29, 1.82) is 0 Å². The molecule has 43 heavy (non-hydrogen) atoms. The van der Waals surface area contributed by atoms with E-state index in [4.69, 9.17) is 21.3 Å². The summed E-state index contributed by atoms with van der Waals surface area (Å²) in [6.45, 7) is 11.4. The molecule has 1 aromatic carbocycles. The number of likely N-dealkylation sites (tertiary alicyclic amines) is 1. The fourth-order valence-electron chi connectivity index (χ4n) is 6.45. The smallest absolute Gasteiger partial charge is 0.407 e. The van der Waals surface area contributed by atoms with Crippen LogP contribution in [0.4, 0.5) is 10.7 Å². The number of aryl methyl sites for hydroxylation is 1. The van der Waals surface area contributed by atoms with Crippen LogP contribution in [0.15, 0.2) is 29.3 Å². The summed E-state index contributed by atoms with van der Waals surface area (Å²) in [4.78, 5) is 34.9. The number of anilines is 1. The molecule has 2 fully saturated rings. The first kappa shape index (κ1) is 29.7. The molecule has 3 aromatic heterocycles. The maximum Gasteiger partial charge on any atom is 0.407 e. The van der Waals surface area contributed by atoms with Gasteiger partial charge in [0.15, 0.2) is 5.65 Å². The number of fused-ring (bicyclic) bond motifs is 4. The summed E-state index contributed by atoms with van der Waals surface area (Å²) in [5.41, 5.74) is 2.62. The number of piperidine rings is 1. The van der Waals surface area contributed by atoms with Gasteiger partial charge in [0, 0.05) is 82.4 Å². The van der Waals surface area contributed by atoms with Crippen LogP contribution in [0.2, 0.25) is 30.7 Å². The number of hydrogen-bond acceptors (Lipinski definition) is 6. The van der Waals surface area contributed by atoms with Crippen molar-refractivity contribution in [1.82, 2.24) is 28.8 Å². The summed E-state index contributed by atoms with van der Waals surface area (Å²) in [7, 11) is 0.468. The van der Waals surface area contributed by atoms with Gasteiger partial charge < -0.3 is 24.2 Å². The van der Waals surface area contributed by atoms with Gasteiger partial charge in [-0.05, 0) is 38.3 Å². The minimum atomic E-state index is -1.29. The zero-order valence-corrected chi connectivity index (χ0v) is 27.3. The van der Waals surface area contributed by atoms with Crippen LogP contribution < -0.4 is 10.5 Å². The zero-order chi connectivity index (χ0) is 30.6. The minimum absolute atomic E-state index is 0.0398. The second kappa shape index (κ2) is 11.3. The predicted molar refractivity (Wildman–Crippen MR) is 172 cm³/mol. The molecule has 1 N–H and O–H groups in total. The molecule has 2 unspecified atom stereocenters. The Morgan fingerprint density at radius 1 is 1.14 bits per heavy atom. The first-order chi connectivity index (χ1) is 20.5. The number of amides is 1. The van der Waals surface area contributed by atoms with Crippen molar-refractivity contribution < 1.29 is 14.6 Å². The van der Waals surface area contributed by atoms with Gasteiger partial charge in [0.2, 0.25) is 5.95 Å². The van der Waals surface area contributed by atoms with Crippen LogP contribution in [0.25, 0.3) is 33.1 Å². The molecule has 5 heterocycles. The van der Waals surface area contributed by atoms with E-state index in [1.54, 1.807) is 11.6 Å². The third-order valence-electron chi connectivity index (χ3n) is 8.81. The Kier molecular flexibility index (Phi) is 7.80. The molecule has 230 valence electrons. The number of ether oxygens (including phenoxy) is 1. The molecule has 13 heteroatoms. The highest BCUT2D eigenvalue weighted by atomic mass is 35.5. The van der Waals surface area contributed by atoms with Gasteiger partial charge in [0.1, 0.15) is 6.73 Å². The van der Waals surface area contributed by atoms with Gasteiger partial charge in [-0.2, -0.15) is 10.1 Å². The quantitative estimate of drug-likeness (QED) is 0.205. The van der Waals surface area contributed by atoms with Gasteiger partial charge in [-0.15, -0.1) is 0 Å². The molecular formula is C30H40ClN7O4Si. The van der Waals surface area contributed by atoms with Crippen molar-refractivity contribution in [3.8, 4) is 11.1 Å². The van der Waals surface area contributed by atoms with Crippen molar-refractivity contribution in [3.63, 3.8) is 0 Å². The Balaban J connectivity index is 1.48. The van der Waals surface area contributed by atoms with E-state index in [0.717, 1.165) is 48.3 Å². The molecule has 6 rings (SSSR count). The summed E-state index contributed by atoms with van der Waals surface area (Å²) < 4.78 is 11.5. The predicted octanol–water partition coefficient (Wildman–Crippen LogP) is 5.46. The average molecular weight is 626 g/mol. The first-order valence-corrected chi connectivity index (χ1v) is 19.1. The van der Waals surface area contributed by atoms with Crippen molar-refractivity contribution in [3.05, 3.63) is 39.9 Å². The van der Waals surface area contributed by atoms with Crippen LogP contribution in [0, 0.1) is 0 Å². The maximum atomic E-state index is 14.3. The van der Waals surface area contributed by atoms with Crippen molar-refractivity contribution in [2.75, 3.05) is 24.6 Å². The number of carbonyl (C=O) groups is 1. The molecule has 2 aliphatic heterocycles. The molecule has 2 atom stereocenters. The van der Waals surface area contributed by atoms with Gasteiger partial charge in [-0.1, -0.05) is 37.3 Å². The number of aromatic nitrogens is 5. The number of hydrogen-bond donors (Lipinski definition) is 1. The summed E-state index contributed by atoms with van der Waals surface area (Å²) in [6, 6.07) is 4.81. The van der Waals surface area contributed by atoms with E-state index in [1.807, 2.05) is 40.7 Å². The number of benzene rings is 1. The first-order valence-electron chi connectivity index (χ1n) is 15.1. The SMILES string of the molecule is CCn1cc2c(Cl)c(-c3cn(COCC[Si](C)(C)C)c4nc(N5C6CCCC5CN(C(=O)O)C6)n(C)c(=O)c34)ccc2n1. The Labute approximate surface area is 256 Å². The summed E-state index contributed by atoms with van der Waals surface area (Å²) >= 11 is 7.00. The van der Waals surface area contributed by atoms with E-state index >= 15 is 0 Å². The van der Waals surface area contributed by atoms with E-state index < -0.39 is 14.2 Å². The van der Waals surface area contributed by atoms with Crippen LogP contribution in [-0.4, -0.2) is 79.9 Å². The number of carboxylic acid groups (broad SMARTS) is 1. The minimum Gasteiger partial charge on any atom is -0.465 e. The number of piperazine rings is 1. The molecule has 2 bridgehead atoms. The molecule has 0 aliphatic carbocycles. The second-order valence-corrected chi connectivity index (χ2v) is 19.0. The molecule has 0 saturated carbocycles. The molecule has 2 saturated heterocycles. The number of halogens is 1. The van der Waals surface area contributed by atoms with Gasteiger partial charge in [0.25, 0.3) is 5.56 Å². The second-order valence-electron chi connectivity index (χ2n) is 13.0. The lowest BCUT2D eigenvalue weighted by atomic mass is 9.91. The van der Waals surface area contributed by atoms with Crippen LogP contribution in [0.3, 0.4) is 0 Å². The molecule has 1 amide bonds. The maximum absolute atomic E-state index is 14.3. The molecular weight excluding hydrogens is 586 g/mol. The largest absolute Gasteiger partial charge is 0.465 e. The fraction of sp³-hybridized carbons (Fsp3) is 0.533. The van der Waals surface area contributed by atoms with E-state index in [-0.39, 0.29) is 24.4 Å². The summed E-state index contributed by atoms with van der Waals surface area (Å²) in [5, 5.41) is 16.1. The highest BCUT2D eigenvalue weighted by molar-refractivity contribution is 6.76. The summed E-state index contributed by atoms with van der Waals surface area (Å²) in [5.74, 6) is 0.566. The van der Waals surface area contributed by atoms with Crippen LogP contribution >= 0.6 is 11.6 Å². The van der Waals surface area contributed by atoms with Crippen molar-refractivity contribution in [2.24, 2.45) is 7.05 Å². The van der Waals surface area contributed by atoms with Crippen molar-refractivity contribution >= 4 is 53.7 Å². The summed E-state index contributed by atoms with van der Waals surface area (Å²) in [6.07, 6.45) is 5.68. The van der Waals surface area contributed by atoms with Gasteiger partial charge >= 0.3 is 6.09 Å².